The number of carbonyl (C=O) groups is 2. The first-order valence-electron chi connectivity index (χ1n) is 10.1. The number of nitrogens with one attached hydrogen (secondary N) is 2. The van der Waals surface area contributed by atoms with Crippen molar-refractivity contribution in [3.05, 3.63) is 58.9 Å². The summed E-state index contributed by atoms with van der Waals surface area (Å²) < 4.78 is 7.06. The molecule has 9 heteroatoms. The number of aryl methyl sites for hydroxylation is 4. The van der Waals surface area contributed by atoms with Gasteiger partial charge in [-0.15, -0.1) is 10.2 Å². The Labute approximate surface area is 191 Å². The number of anilines is 1. The van der Waals surface area contributed by atoms with E-state index >= 15 is 0 Å². The van der Waals surface area contributed by atoms with E-state index in [9.17, 15) is 9.59 Å². The second-order valence-electron chi connectivity index (χ2n) is 7.45. The maximum Gasteiger partial charge on any atom is 0.243 e. The lowest BCUT2D eigenvalue weighted by molar-refractivity contribution is -0.122. The van der Waals surface area contributed by atoms with Crippen molar-refractivity contribution < 1.29 is 14.3 Å². The lowest BCUT2D eigenvalue weighted by atomic mass is 10.1. The molecule has 0 saturated heterocycles. The summed E-state index contributed by atoms with van der Waals surface area (Å²) in [6, 6.07) is 11.5. The highest BCUT2D eigenvalue weighted by Gasteiger charge is 2.15. The van der Waals surface area contributed by atoms with Gasteiger partial charge in [-0.05, 0) is 63.1 Å². The molecule has 0 unspecified atom stereocenters. The average molecular weight is 454 g/mol. The van der Waals surface area contributed by atoms with Crippen LogP contribution in [-0.4, -0.2) is 46.0 Å². The van der Waals surface area contributed by atoms with Crippen LogP contribution in [0.1, 0.15) is 22.5 Å². The summed E-state index contributed by atoms with van der Waals surface area (Å²) >= 11 is 1.26. The van der Waals surface area contributed by atoms with E-state index in [1.165, 1.54) is 11.8 Å². The van der Waals surface area contributed by atoms with Gasteiger partial charge >= 0.3 is 0 Å². The maximum atomic E-state index is 12.3. The summed E-state index contributed by atoms with van der Waals surface area (Å²) in [5.41, 5.74) is 4.78. The summed E-state index contributed by atoms with van der Waals surface area (Å²) in [6.07, 6.45) is 0. The quantitative estimate of drug-likeness (QED) is 0.508. The van der Waals surface area contributed by atoms with Gasteiger partial charge < -0.3 is 15.4 Å². The van der Waals surface area contributed by atoms with Crippen LogP contribution in [0.3, 0.4) is 0 Å². The molecule has 32 heavy (non-hydrogen) atoms. The number of methoxy groups -OCH3 is 1. The molecule has 1 heterocycles. The fraction of sp³-hybridized carbons (Fsp3) is 0.304. The molecule has 0 aliphatic heterocycles. The van der Waals surface area contributed by atoms with Crippen LogP contribution in [-0.2, 0) is 9.59 Å². The largest absolute Gasteiger partial charge is 0.497 e. The second kappa shape index (κ2) is 10.3. The zero-order valence-corrected chi connectivity index (χ0v) is 19.7. The monoisotopic (exact) mass is 453 g/mol. The number of aromatic nitrogens is 3. The van der Waals surface area contributed by atoms with Crippen molar-refractivity contribution in [3.8, 4) is 11.4 Å². The zero-order valence-electron chi connectivity index (χ0n) is 18.9. The zero-order chi connectivity index (χ0) is 23.3. The lowest BCUT2D eigenvalue weighted by Crippen LogP contribution is -2.34. The van der Waals surface area contributed by atoms with Crippen molar-refractivity contribution in [1.82, 2.24) is 20.1 Å². The van der Waals surface area contributed by atoms with Crippen LogP contribution in [0, 0.1) is 27.7 Å². The Balaban J connectivity index is 1.55. The van der Waals surface area contributed by atoms with Gasteiger partial charge in [-0.3, -0.25) is 14.2 Å². The molecule has 0 aliphatic carbocycles. The van der Waals surface area contributed by atoms with Crippen molar-refractivity contribution in [2.24, 2.45) is 0 Å². The van der Waals surface area contributed by atoms with E-state index < -0.39 is 0 Å². The van der Waals surface area contributed by atoms with Gasteiger partial charge in [0, 0.05) is 11.4 Å². The van der Waals surface area contributed by atoms with Crippen LogP contribution in [0.4, 0.5) is 5.69 Å². The molecule has 2 aromatic carbocycles. The number of amides is 2. The minimum Gasteiger partial charge on any atom is -0.497 e. The van der Waals surface area contributed by atoms with Crippen LogP contribution in [0.2, 0.25) is 0 Å². The van der Waals surface area contributed by atoms with Gasteiger partial charge in [0.05, 0.1) is 19.4 Å². The van der Waals surface area contributed by atoms with Crippen molar-refractivity contribution in [1.29, 1.82) is 0 Å². The van der Waals surface area contributed by atoms with E-state index in [1.54, 1.807) is 7.11 Å². The van der Waals surface area contributed by atoms with Gasteiger partial charge in [-0.25, -0.2) is 0 Å². The molecule has 1 aromatic heterocycles. The Morgan fingerprint density at radius 1 is 1.00 bits per heavy atom. The first-order chi connectivity index (χ1) is 15.3. The van der Waals surface area contributed by atoms with E-state index in [4.69, 9.17) is 4.74 Å². The molecule has 3 aromatic rings. The molecule has 0 saturated carbocycles. The molecule has 3 rings (SSSR count). The van der Waals surface area contributed by atoms with Gasteiger partial charge in [0.2, 0.25) is 11.8 Å². The van der Waals surface area contributed by atoms with E-state index in [0.717, 1.165) is 33.8 Å². The molecule has 0 aliphatic rings. The fourth-order valence-corrected chi connectivity index (χ4v) is 4.21. The molecule has 8 nitrogen and oxygen atoms in total. The summed E-state index contributed by atoms with van der Waals surface area (Å²) in [5.74, 6) is 1.05. The normalized spacial score (nSPS) is 10.7. The topological polar surface area (TPSA) is 98.1 Å². The van der Waals surface area contributed by atoms with Crippen molar-refractivity contribution in [2.45, 2.75) is 32.9 Å². The summed E-state index contributed by atoms with van der Waals surface area (Å²) in [4.78, 5) is 24.6. The van der Waals surface area contributed by atoms with Crippen molar-refractivity contribution in [2.75, 3.05) is 24.7 Å². The van der Waals surface area contributed by atoms with Gasteiger partial charge in [0.25, 0.3) is 0 Å². The molecule has 0 atom stereocenters. The van der Waals surface area contributed by atoms with Crippen LogP contribution in [0.25, 0.3) is 5.69 Å². The number of benzene rings is 2. The first kappa shape index (κ1) is 23.3. The third kappa shape index (κ3) is 5.67. The third-order valence-electron chi connectivity index (χ3n) is 4.85. The highest BCUT2D eigenvalue weighted by atomic mass is 32.2. The van der Waals surface area contributed by atoms with Gasteiger partial charge in [0.1, 0.15) is 11.6 Å². The fourth-order valence-electron chi connectivity index (χ4n) is 3.39. The van der Waals surface area contributed by atoms with Crippen LogP contribution >= 0.6 is 11.8 Å². The molecular formula is C23H27N5O3S. The number of hydrogen-bond donors (Lipinski definition) is 2. The van der Waals surface area contributed by atoms with Crippen LogP contribution in [0.15, 0.2) is 41.6 Å². The van der Waals surface area contributed by atoms with Crippen molar-refractivity contribution >= 4 is 29.3 Å². The molecule has 0 radical (unpaired) electrons. The molecule has 0 bridgehead atoms. The predicted octanol–water partition coefficient (Wildman–Crippen LogP) is 3.36. The SMILES string of the molecule is COc1ccc(-n2c(C)nnc2SCC(=O)NCC(=O)Nc2c(C)cc(C)cc2C)cc1. The second-order valence-corrected chi connectivity index (χ2v) is 8.39. The predicted molar refractivity (Wildman–Crippen MR) is 126 cm³/mol. The highest BCUT2D eigenvalue weighted by Crippen LogP contribution is 2.24. The van der Waals surface area contributed by atoms with Gasteiger partial charge in [0.15, 0.2) is 5.16 Å². The number of rotatable bonds is 8. The van der Waals surface area contributed by atoms with E-state index in [2.05, 4.69) is 20.8 Å². The molecule has 0 fully saturated rings. The number of ether oxygens (including phenoxy) is 1. The Kier molecular flexibility index (Phi) is 7.53. The van der Waals surface area contributed by atoms with Crippen molar-refractivity contribution in [3.63, 3.8) is 0 Å². The number of carbonyl (C=O) groups excluding carboxylic acids is 2. The van der Waals surface area contributed by atoms with E-state index in [-0.39, 0.29) is 24.1 Å². The van der Waals surface area contributed by atoms with Crippen LogP contribution < -0.4 is 15.4 Å². The average Bonchev–Trinajstić information content (AvgIpc) is 3.13. The van der Waals surface area contributed by atoms with Gasteiger partial charge in [-0.1, -0.05) is 29.5 Å². The molecular weight excluding hydrogens is 426 g/mol. The van der Waals surface area contributed by atoms with Crippen LogP contribution in [0.5, 0.6) is 5.75 Å². The lowest BCUT2D eigenvalue weighted by Gasteiger charge is -2.13. The number of thioether (sulfide) groups is 1. The number of hydrogen-bond acceptors (Lipinski definition) is 6. The first-order valence-corrected chi connectivity index (χ1v) is 11.1. The highest BCUT2D eigenvalue weighted by molar-refractivity contribution is 7.99. The molecule has 0 spiro atoms. The standard InChI is InChI=1S/C23H27N5O3S/c1-14-10-15(2)22(16(3)11-14)25-20(29)12-24-21(30)13-32-23-27-26-17(4)28(23)18-6-8-19(31-5)9-7-18/h6-11H,12-13H2,1-5H3,(H,24,30)(H,25,29). The minimum absolute atomic E-state index is 0.101. The van der Waals surface area contributed by atoms with E-state index in [0.29, 0.717) is 11.0 Å². The summed E-state index contributed by atoms with van der Waals surface area (Å²) in [7, 11) is 1.61. The third-order valence-corrected chi connectivity index (χ3v) is 5.77. The summed E-state index contributed by atoms with van der Waals surface area (Å²) in [5, 5.41) is 14.4. The Morgan fingerprint density at radius 3 is 2.28 bits per heavy atom. The smallest absolute Gasteiger partial charge is 0.243 e. The number of nitrogens with zero attached hydrogens (tertiary/aromatic N) is 3. The molecule has 168 valence electrons. The van der Waals surface area contributed by atoms with Gasteiger partial charge in [-0.2, -0.15) is 0 Å². The Bertz CT molecular complexity index is 1100. The van der Waals surface area contributed by atoms with E-state index in [1.807, 2.05) is 68.7 Å². The molecule has 2 amide bonds. The maximum absolute atomic E-state index is 12.3. The Hall–Kier alpha value is -3.33. The Morgan fingerprint density at radius 2 is 1.66 bits per heavy atom. The minimum atomic E-state index is -0.268. The molecule has 2 N–H and O–H groups in total. The summed E-state index contributed by atoms with van der Waals surface area (Å²) in [6.45, 7) is 7.66.